The zero-order chi connectivity index (χ0) is 20.1. The molecule has 1 aromatic heterocycles. The van der Waals surface area contributed by atoms with Crippen LogP contribution in [0.4, 0.5) is 5.88 Å². The molecule has 3 aromatic rings. The number of halogens is 1. The molecule has 0 bridgehead atoms. The highest BCUT2D eigenvalue weighted by molar-refractivity contribution is 9.10. The van der Waals surface area contributed by atoms with Gasteiger partial charge in [0.05, 0.1) is 12.0 Å². The smallest absolute Gasteiger partial charge is 0.233 e. The van der Waals surface area contributed by atoms with Gasteiger partial charge < -0.3 is 14.5 Å². The van der Waals surface area contributed by atoms with Gasteiger partial charge in [0.25, 0.3) is 0 Å². The number of hydrogen-bond donors (Lipinski definition) is 1. The van der Waals surface area contributed by atoms with E-state index in [-0.39, 0.29) is 21.7 Å². The van der Waals surface area contributed by atoms with Crippen molar-refractivity contribution in [3.05, 3.63) is 53.0 Å². The van der Waals surface area contributed by atoms with Crippen LogP contribution in [0.5, 0.6) is 5.75 Å². The molecule has 8 heteroatoms. The number of sulfone groups is 1. The van der Waals surface area contributed by atoms with Gasteiger partial charge in [-0.05, 0) is 55.0 Å². The molecular formula is C20H21BrN2O4S. The summed E-state index contributed by atoms with van der Waals surface area (Å²) in [5, 5.41) is 2.96. The van der Waals surface area contributed by atoms with Gasteiger partial charge in [-0.3, -0.25) is 0 Å². The van der Waals surface area contributed by atoms with E-state index in [4.69, 9.17) is 9.15 Å². The summed E-state index contributed by atoms with van der Waals surface area (Å²) in [4.78, 5) is 4.47. The maximum absolute atomic E-state index is 13.1. The third-order valence-corrected chi connectivity index (χ3v) is 6.33. The van der Waals surface area contributed by atoms with E-state index in [0.717, 1.165) is 17.3 Å². The Morgan fingerprint density at radius 1 is 1.11 bits per heavy atom. The summed E-state index contributed by atoms with van der Waals surface area (Å²) in [6.45, 7) is 2.65. The summed E-state index contributed by atoms with van der Waals surface area (Å²) in [7, 11) is -2.25. The van der Waals surface area contributed by atoms with Crippen LogP contribution in [-0.4, -0.2) is 27.1 Å². The number of hydrogen-bond acceptors (Lipinski definition) is 6. The number of oxazole rings is 1. The second kappa shape index (κ2) is 8.79. The Morgan fingerprint density at radius 3 is 2.39 bits per heavy atom. The summed E-state index contributed by atoms with van der Waals surface area (Å²) in [5.41, 5.74) is 0.664. The fourth-order valence-electron chi connectivity index (χ4n) is 2.56. The minimum Gasteiger partial charge on any atom is -0.497 e. The van der Waals surface area contributed by atoms with Crippen LogP contribution in [0.2, 0.25) is 0 Å². The number of ether oxygens (including phenoxy) is 1. The molecular weight excluding hydrogens is 444 g/mol. The van der Waals surface area contributed by atoms with E-state index in [2.05, 4.69) is 33.2 Å². The van der Waals surface area contributed by atoms with Gasteiger partial charge in [-0.2, -0.15) is 4.98 Å². The Balaban J connectivity index is 2.04. The van der Waals surface area contributed by atoms with Crippen LogP contribution in [0.1, 0.15) is 19.8 Å². The first-order chi connectivity index (χ1) is 13.5. The van der Waals surface area contributed by atoms with Gasteiger partial charge in [0, 0.05) is 16.6 Å². The zero-order valence-electron chi connectivity index (χ0n) is 15.6. The van der Waals surface area contributed by atoms with Crippen molar-refractivity contribution in [3.8, 4) is 17.2 Å². The predicted octanol–water partition coefficient (Wildman–Crippen LogP) is 5.16. The lowest BCUT2D eigenvalue weighted by molar-refractivity contribution is 0.415. The lowest BCUT2D eigenvalue weighted by Gasteiger charge is -2.05. The first-order valence-corrected chi connectivity index (χ1v) is 11.1. The Hall–Kier alpha value is -2.32. The maximum Gasteiger partial charge on any atom is 0.233 e. The Kier molecular flexibility index (Phi) is 6.41. The molecule has 2 aromatic carbocycles. The van der Waals surface area contributed by atoms with Gasteiger partial charge in [0.1, 0.15) is 5.75 Å². The van der Waals surface area contributed by atoms with Crippen LogP contribution >= 0.6 is 15.9 Å². The Labute approximate surface area is 173 Å². The van der Waals surface area contributed by atoms with Gasteiger partial charge in [-0.25, -0.2) is 8.42 Å². The average Bonchev–Trinajstić information content (AvgIpc) is 3.14. The number of nitrogens with zero attached hydrogens (tertiary/aromatic N) is 1. The molecule has 3 rings (SSSR count). The number of aromatic nitrogens is 1. The Morgan fingerprint density at radius 2 is 1.79 bits per heavy atom. The molecule has 0 saturated carbocycles. The lowest BCUT2D eigenvalue weighted by atomic mass is 10.2. The van der Waals surface area contributed by atoms with E-state index in [1.54, 1.807) is 43.5 Å². The first-order valence-electron chi connectivity index (χ1n) is 8.85. The van der Waals surface area contributed by atoms with Crippen molar-refractivity contribution in [1.82, 2.24) is 4.98 Å². The second-order valence-electron chi connectivity index (χ2n) is 6.12. The van der Waals surface area contributed by atoms with E-state index in [1.807, 2.05) is 0 Å². The average molecular weight is 465 g/mol. The molecule has 148 valence electrons. The largest absolute Gasteiger partial charge is 0.497 e. The van der Waals surface area contributed by atoms with Gasteiger partial charge in [-0.1, -0.05) is 29.3 Å². The molecule has 28 heavy (non-hydrogen) atoms. The molecule has 6 nitrogen and oxygen atoms in total. The van der Waals surface area contributed by atoms with E-state index in [9.17, 15) is 8.42 Å². The summed E-state index contributed by atoms with van der Waals surface area (Å²) in [6, 6.07) is 13.5. The number of nitrogens with one attached hydrogen (secondary N) is 1. The number of benzene rings is 2. The second-order valence-corrected chi connectivity index (χ2v) is 8.90. The monoisotopic (exact) mass is 464 g/mol. The zero-order valence-corrected chi connectivity index (χ0v) is 18.0. The number of methoxy groups -OCH3 is 1. The van der Waals surface area contributed by atoms with Gasteiger partial charge in [0.15, 0.2) is 0 Å². The fourth-order valence-corrected chi connectivity index (χ4v) is 4.10. The van der Waals surface area contributed by atoms with Crippen molar-refractivity contribution >= 4 is 31.7 Å². The third-order valence-electron chi connectivity index (χ3n) is 4.13. The Bertz CT molecular complexity index is 1030. The minimum absolute atomic E-state index is 0.114. The third kappa shape index (κ3) is 4.39. The summed E-state index contributed by atoms with van der Waals surface area (Å²) in [5.74, 6) is 1.08. The summed E-state index contributed by atoms with van der Waals surface area (Å²) >= 11 is 3.32. The lowest BCUT2D eigenvalue weighted by Crippen LogP contribution is -2.08. The highest BCUT2D eigenvalue weighted by Gasteiger charge is 2.28. The van der Waals surface area contributed by atoms with Crippen LogP contribution in [0.25, 0.3) is 11.5 Å². The SMILES string of the molecule is CCCCNc1oc(-c2ccc(OC)cc2)nc1S(=O)(=O)c1ccc(Br)cc1. The van der Waals surface area contributed by atoms with Crippen LogP contribution < -0.4 is 10.1 Å². The van der Waals surface area contributed by atoms with Crippen molar-refractivity contribution in [1.29, 1.82) is 0 Å². The maximum atomic E-state index is 13.1. The molecule has 1 N–H and O–H groups in total. The quantitative estimate of drug-likeness (QED) is 0.463. The van der Waals surface area contributed by atoms with E-state index < -0.39 is 9.84 Å². The number of anilines is 1. The molecule has 0 saturated heterocycles. The van der Waals surface area contributed by atoms with E-state index in [1.165, 1.54) is 12.1 Å². The topological polar surface area (TPSA) is 81.4 Å². The van der Waals surface area contributed by atoms with Crippen LogP contribution in [0.15, 0.2) is 67.3 Å². The predicted molar refractivity (Wildman–Crippen MR) is 111 cm³/mol. The van der Waals surface area contributed by atoms with Gasteiger partial charge >= 0.3 is 0 Å². The standard InChI is InChI=1S/C20H21BrN2O4S/c1-3-4-13-22-19-20(28(24,25)17-11-7-15(21)8-12-17)23-18(27-19)14-5-9-16(26-2)10-6-14/h5-12,22H,3-4,13H2,1-2H3. The minimum atomic E-state index is -3.84. The van der Waals surface area contributed by atoms with E-state index >= 15 is 0 Å². The van der Waals surface area contributed by atoms with Crippen molar-refractivity contribution < 1.29 is 17.6 Å². The molecule has 0 atom stereocenters. The highest BCUT2D eigenvalue weighted by atomic mass is 79.9. The van der Waals surface area contributed by atoms with Crippen molar-refractivity contribution in [3.63, 3.8) is 0 Å². The number of unbranched alkanes of at least 4 members (excludes halogenated alkanes) is 1. The van der Waals surface area contributed by atoms with Crippen LogP contribution in [-0.2, 0) is 9.84 Å². The molecule has 0 aliphatic carbocycles. The molecule has 0 radical (unpaired) electrons. The molecule has 0 unspecified atom stereocenters. The molecule has 0 amide bonds. The molecule has 0 aliphatic rings. The van der Waals surface area contributed by atoms with Crippen molar-refractivity contribution in [2.45, 2.75) is 29.7 Å². The van der Waals surface area contributed by atoms with Gasteiger partial charge in [-0.15, -0.1) is 0 Å². The molecule has 0 fully saturated rings. The fraction of sp³-hybridized carbons (Fsp3) is 0.250. The highest BCUT2D eigenvalue weighted by Crippen LogP contribution is 2.33. The normalized spacial score (nSPS) is 11.4. The summed E-state index contributed by atoms with van der Waals surface area (Å²) < 4.78 is 38.0. The van der Waals surface area contributed by atoms with Crippen molar-refractivity contribution in [2.24, 2.45) is 0 Å². The van der Waals surface area contributed by atoms with Crippen LogP contribution in [0, 0.1) is 0 Å². The van der Waals surface area contributed by atoms with E-state index in [0.29, 0.717) is 17.9 Å². The molecule has 0 spiro atoms. The van der Waals surface area contributed by atoms with Gasteiger partial charge in [0.2, 0.25) is 26.6 Å². The summed E-state index contributed by atoms with van der Waals surface area (Å²) in [6.07, 6.45) is 1.86. The van der Waals surface area contributed by atoms with Crippen molar-refractivity contribution in [2.75, 3.05) is 19.0 Å². The number of rotatable bonds is 8. The molecule has 0 aliphatic heterocycles. The molecule has 1 heterocycles. The first kappa shape index (κ1) is 20.4. The van der Waals surface area contributed by atoms with Crippen LogP contribution in [0.3, 0.4) is 0 Å².